The Morgan fingerprint density at radius 3 is 2.67 bits per heavy atom. The van der Waals surface area contributed by atoms with Gasteiger partial charge in [-0.1, -0.05) is 25.1 Å². The molecule has 0 spiro atoms. The second-order valence-electron chi connectivity index (χ2n) is 8.24. The van der Waals surface area contributed by atoms with Gasteiger partial charge in [0.25, 0.3) is 5.91 Å². The van der Waals surface area contributed by atoms with Crippen LogP contribution in [0.2, 0.25) is 0 Å². The first-order valence-electron chi connectivity index (χ1n) is 10.6. The third kappa shape index (κ3) is 4.70. The molecule has 6 heteroatoms. The van der Waals surface area contributed by atoms with E-state index in [9.17, 15) is 14.4 Å². The second-order valence-corrected chi connectivity index (χ2v) is 8.24. The van der Waals surface area contributed by atoms with E-state index in [2.05, 4.69) is 17.6 Å². The highest BCUT2D eigenvalue weighted by atomic mass is 16.2. The van der Waals surface area contributed by atoms with E-state index in [0.29, 0.717) is 30.1 Å². The normalized spacial score (nSPS) is 20.6. The minimum atomic E-state index is -0.203. The van der Waals surface area contributed by atoms with Crippen molar-refractivity contribution in [1.82, 2.24) is 5.32 Å². The van der Waals surface area contributed by atoms with Crippen LogP contribution < -0.4 is 15.5 Å². The lowest BCUT2D eigenvalue weighted by molar-refractivity contribution is -0.119. The summed E-state index contributed by atoms with van der Waals surface area (Å²) in [6.07, 6.45) is 3.48. The molecule has 2 aromatic carbocycles. The van der Waals surface area contributed by atoms with Gasteiger partial charge in [0.15, 0.2) is 0 Å². The van der Waals surface area contributed by atoms with Gasteiger partial charge in [0, 0.05) is 42.4 Å². The van der Waals surface area contributed by atoms with Gasteiger partial charge in [-0.05, 0) is 61.1 Å². The first-order valence-corrected chi connectivity index (χ1v) is 10.6. The molecule has 1 saturated heterocycles. The summed E-state index contributed by atoms with van der Waals surface area (Å²) in [5.41, 5.74) is 2.95. The summed E-state index contributed by atoms with van der Waals surface area (Å²) < 4.78 is 0. The Hall–Kier alpha value is -3.15. The zero-order valence-electron chi connectivity index (χ0n) is 17.2. The van der Waals surface area contributed by atoms with Gasteiger partial charge in [-0.2, -0.15) is 0 Å². The molecule has 1 aliphatic carbocycles. The average molecular weight is 405 g/mol. The zero-order chi connectivity index (χ0) is 21.1. The minimum absolute atomic E-state index is 0.0177. The van der Waals surface area contributed by atoms with Crippen molar-refractivity contribution < 1.29 is 14.4 Å². The maximum Gasteiger partial charge on any atom is 0.251 e. The van der Waals surface area contributed by atoms with E-state index < -0.39 is 0 Å². The molecular formula is C24H27N3O3. The van der Waals surface area contributed by atoms with Crippen molar-refractivity contribution in [2.45, 2.75) is 39.2 Å². The molecule has 2 N–H and O–H groups in total. The molecule has 1 heterocycles. The van der Waals surface area contributed by atoms with Gasteiger partial charge in [-0.15, -0.1) is 0 Å². The molecular weight excluding hydrogens is 378 g/mol. The van der Waals surface area contributed by atoms with Crippen LogP contribution in [0.4, 0.5) is 11.4 Å². The molecule has 0 radical (unpaired) electrons. The lowest BCUT2D eigenvalue weighted by atomic mass is 10.1. The van der Waals surface area contributed by atoms with E-state index in [4.69, 9.17) is 0 Å². The Morgan fingerprint density at radius 1 is 1.10 bits per heavy atom. The Morgan fingerprint density at radius 2 is 1.90 bits per heavy atom. The van der Waals surface area contributed by atoms with Crippen LogP contribution in [0, 0.1) is 11.8 Å². The molecule has 2 unspecified atom stereocenters. The maximum atomic E-state index is 12.6. The molecule has 6 nitrogen and oxygen atoms in total. The van der Waals surface area contributed by atoms with Crippen molar-refractivity contribution in [3.63, 3.8) is 0 Å². The van der Waals surface area contributed by atoms with Crippen LogP contribution in [-0.2, 0) is 16.1 Å². The van der Waals surface area contributed by atoms with Gasteiger partial charge < -0.3 is 15.5 Å². The molecule has 2 aromatic rings. The maximum absolute atomic E-state index is 12.6. The van der Waals surface area contributed by atoms with E-state index in [1.807, 2.05) is 29.2 Å². The van der Waals surface area contributed by atoms with Crippen molar-refractivity contribution in [3.05, 3.63) is 59.7 Å². The molecule has 2 atom stereocenters. The van der Waals surface area contributed by atoms with Crippen molar-refractivity contribution >= 4 is 29.1 Å². The number of hydrogen-bond acceptors (Lipinski definition) is 3. The molecule has 0 bridgehead atoms. The summed E-state index contributed by atoms with van der Waals surface area (Å²) in [7, 11) is 0. The number of anilines is 2. The highest BCUT2D eigenvalue weighted by Crippen LogP contribution is 2.38. The Balaban J connectivity index is 1.36. The summed E-state index contributed by atoms with van der Waals surface area (Å²) in [5.74, 6) is 0.491. The van der Waals surface area contributed by atoms with Gasteiger partial charge in [0.05, 0.1) is 0 Å². The van der Waals surface area contributed by atoms with Gasteiger partial charge in [0.2, 0.25) is 11.8 Å². The van der Waals surface area contributed by atoms with Crippen LogP contribution in [0.5, 0.6) is 0 Å². The summed E-state index contributed by atoms with van der Waals surface area (Å²) >= 11 is 0. The summed E-state index contributed by atoms with van der Waals surface area (Å²) in [4.78, 5) is 38.7. The highest BCUT2D eigenvalue weighted by Gasteiger charge is 2.39. The van der Waals surface area contributed by atoms with E-state index >= 15 is 0 Å². The molecule has 2 aliphatic rings. The fourth-order valence-electron chi connectivity index (χ4n) is 3.86. The fourth-order valence-corrected chi connectivity index (χ4v) is 3.86. The number of carbonyl (C=O) groups is 3. The van der Waals surface area contributed by atoms with E-state index in [1.165, 1.54) is 0 Å². The summed E-state index contributed by atoms with van der Waals surface area (Å²) in [6, 6.07) is 14.7. The molecule has 1 saturated carbocycles. The lowest BCUT2D eigenvalue weighted by Crippen LogP contribution is -2.35. The van der Waals surface area contributed by atoms with Crippen LogP contribution in [0.15, 0.2) is 48.5 Å². The van der Waals surface area contributed by atoms with Crippen molar-refractivity contribution in [3.8, 4) is 0 Å². The Labute approximate surface area is 176 Å². The molecule has 156 valence electrons. The summed E-state index contributed by atoms with van der Waals surface area (Å²) in [6.45, 7) is 3.17. The van der Waals surface area contributed by atoms with Crippen LogP contribution >= 0.6 is 0 Å². The molecule has 3 amide bonds. The molecule has 4 rings (SSSR count). The number of rotatable bonds is 6. The van der Waals surface area contributed by atoms with Gasteiger partial charge in [0.1, 0.15) is 0 Å². The SMILES string of the molecule is CC1CC1C(=O)Nc1cccc(C(=O)NCc2cccc(N3CCCCC3=O)c2)c1. The van der Waals surface area contributed by atoms with Crippen LogP contribution in [0.3, 0.4) is 0 Å². The first kappa shape index (κ1) is 20.1. The third-order valence-corrected chi connectivity index (χ3v) is 5.84. The van der Waals surface area contributed by atoms with Crippen molar-refractivity contribution in [1.29, 1.82) is 0 Å². The highest BCUT2D eigenvalue weighted by molar-refractivity contribution is 5.98. The number of amides is 3. The number of benzene rings is 2. The Kier molecular flexibility index (Phi) is 5.84. The standard InChI is InChI=1S/C24H27N3O3/c1-16-12-21(16)24(30)26-19-8-5-7-18(14-19)23(29)25-15-17-6-4-9-20(13-17)27-11-3-2-10-22(27)28/h4-9,13-14,16,21H,2-3,10-12,15H2,1H3,(H,25,29)(H,26,30). The number of piperidine rings is 1. The second kappa shape index (κ2) is 8.69. The minimum Gasteiger partial charge on any atom is -0.348 e. The lowest BCUT2D eigenvalue weighted by Gasteiger charge is -2.27. The fraction of sp³-hybridized carbons (Fsp3) is 0.375. The molecule has 30 heavy (non-hydrogen) atoms. The topological polar surface area (TPSA) is 78.5 Å². The molecule has 0 aromatic heterocycles. The smallest absolute Gasteiger partial charge is 0.251 e. The predicted octanol–water partition coefficient (Wildman–Crippen LogP) is 3.73. The quantitative estimate of drug-likeness (QED) is 0.769. The number of carbonyl (C=O) groups excluding carboxylic acids is 3. The predicted molar refractivity (Wildman–Crippen MR) is 116 cm³/mol. The monoisotopic (exact) mass is 405 g/mol. The Bertz CT molecular complexity index is 972. The van der Waals surface area contributed by atoms with Crippen LogP contribution in [0.25, 0.3) is 0 Å². The van der Waals surface area contributed by atoms with E-state index in [1.54, 1.807) is 24.3 Å². The number of nitrogens with one attached hydrogen (secondary N) is 2. The van der Waals surface area contributed by atoms with Crippen LogP contribution in [0.1, 0.15) is 48.5 Å². The van der Waals surface area contributed by atoms with Gasteiger partial charge in [-0.25, -0.2) is 0 Å². The number of hydrogen-bond donors (Lipinski definition) is 2. The van der Waals surface area contributed by atoms with Crippen molar-refractivity contribution in [2.24, 2.45) is 11.8 Å². The van der Waals surface area contributed by atoms with Crippen LogP contribution in [-0.4, -0.2) is 24.3 Å². The first-order chi connectivity index (χ1) is 14.5. The van der Waals surface area contributed by atoms with Gasteiger partial charge in [-0.3, -0.25) is 14.4 Å². The average Bonchev–Trinajstić information content (AvgIpc) is 3.49. The summed E-state index contributed by atoms with van der Waals surface area (Å²) in [5, 5.41) is 5.82. The number of nitrogens with zero attached hydrogens (tertiary/aromatic N) is 1. The van der Waals surface area contributed by atoms with Crippen molar-refractivity contribution in [2.75, 3.05) is 16.8 Å². The largest absolute Gasteiger partial charge is 0.348 e. The molecule has 2 fully saturated rings. The zero-order valence-corrected chi connectivity index (χ0v) is 17.2. The van der Waals surface area contributed by atoms with E-state index in [-0.39, 0.29) is 23.6 Å². The van der Waals surface area contributed by atoms with Gasteiger partial charge >= 0.3 is 0 Å². The third-order valence-electron chi connectivity index (χ3n) is 5.84. The molecule has 1 aliphatic heterocycles. The van der Waals surface area contributed by atoms with E-state index in [0.717, 1.165) is 37.1 Å².